The number of anilines is 1. The van der Waals surface area contributed by atoms with Gasteiger partial charge in [0.25, 0.3) is 0 Å². The molecule has 0 bridgehead atoms. The molecule has 7 nitrogen and oxygen atoms in total. The van der Waals surface area contributed by atoms with Crippen molar-refractivity contribution in [3.05, 3.63) is 48.3 Å². The molecule has 2 N–H and O–H groups in total. The SMILES string of the molecule is Cn1ccnc1CN1C[C@@H](C(=O)O)C[C@@H](C(=O)Nc2ccc(F)cc2)C1. The number of halogens is 1. The molecule has 0 unspecified atom stereocenters. The molecular formula is C18H21FN4O3. The number of carbonyl (C=O) groups excluding carboxylic acids is 1. The topological polar surface area (TPSA) is 87.5 Å². The van der Waals surface area contributed by atoms with Crippen LogP contribution in [0.4, 0.5) is 10.1 Å². The van der Waals surface area contributed by atoms with E-state index in [0.29, 0.717) is 25.3 Å². The van der Waals surface area contributed by atoms with Gasteiger partial charge in [-0.1, -0.05) is 0 Å². The van der Waals surface area contributed by atoms with Crippen molar-refractivity contribution in [2.45, 2.75) is 13.0 Å². The molecule has 1 fully saturated rings. The Hall–Kier alpha value is -2.74. The van der Waals surface area contributed by atoms with Crippen LogP contribution in [0.3, 0.4) is 0 Å². The second-order valence-corrected chi connectivity index (χ2v) is 6.61. The van der Waals surface area contributed by atoms with Crippen molar-refractivity contribution in [1.29, 1.82) is 0 Å². The van der Waals surface area contributed by atoms with Gasteiger partial charge in [-0.3, -0.25) is 14.5 Å². The Balaban J connectivity index is 1.70. The quantitative estimate of drug-likeness (QED) is 0.848. The lowest BCUT2D eigenvalue weighted by Crippen LogP contribution is -2.46. The average molecular weight is 360 g/mol. The zero-order chi connectivity index (χ0) is 18.7. The highest BCUT2D eigenvalue weighted by atomic mass is 19.1. The maximum atomic E-state index is 13.0. The van der Waals surface area contributed by atoms with Gasteiger partial charge in [0.05, 0.1) is 18.4 Å². The molecule has 1 aromatic heterocycles. The van der Waals surface area contributed by atoms with E-state index in [0.717, 1.165) is 5.82 Å². The zero-order valence-corrected chi connectivity index (χ0v) is 14.4. The van der Waals surface area contributed by atoms with E-state index in [2.05, 4.69) is 10.3 Å². The lowest BCUT2D eigenvalue weighted by Gasteiger charge is -2.35. The molecule has 0 saturated carbocycles. The van der Waals surface area contributed by atoms with Crippen LogP contribution in [0.5, 0.6) is 0 Å². The van der Waals surface area contributed by atoms with Gasteiger partial charge in [-0.15, -0.1) is 0 Å². The van der Waals surface area contributed by atoms with E-state index in [4.69, 9.17) is 0 Å². The van der Waals surface area contributed by atoms with Crippen molar-refractivity contribution in [3.8, 4) is 0 Å². The lowest BCUT2D eigenvalue weighted by atomic mass is 9.88. The number of imidazole rings is 1. The molecule has 138 valence electrons. The first-order valence-corrected chi connectivity index (χ1v) is 8.40. The molecule has 1 aliphatic heterocycles. The Bertz CT molecular complexity index is 790. The summed E-state index contributed by atoms with van der Waals surface area (Å²) in [5, 5.41) is 12.2. The third-order valence-corrected chi connectivity index (χ3v) is 4.64. The minimum atomic E-state index is -0.908. The number of aryl methyl sites for hydroxylation is 1. The molecule has 1 aromatic carbocycles. The lowest BCUT2D eigenvalue weighted by molar-refractivity contribution is -0.145. The number of nitrogens with one attached hydrogen (secondary N) is 1. The average Bonchev–Trinajstić information content (AvgIpc) is 3.01. The van der Waals surface area contributed by atoms with E-state index in [1.807, 2.05) is 22.7 Å². The summed E-state index contributed by atoms with van der Waals surface area (Å²) in [5.41, 5.74) is 0.490. The van der Waals surface area contributed by atoms with Gasteiger partial charge < -0.3 is 15.0 Å². The fraction of sp³-hybridized carbons (Fsp3) is 0.389. The van der Waals surface area contributed by atoms with Crippen molar-refractivity contribution in [2.24, 2.45) is 18.9 Å². The van der Waals surface area contributed by atoms with E-state index in [-0.39, 0.29) is 18.1 Å². The molecule has 8 heteroatoms. The number of benzene rings is 1. The molecule has 2 atom stereocenters. The highest BCUT2D eigenvalue weighted by Crippen LogP contribution is 2.25. The van der Waals surface area contributed by atoms with Crippen molar-refractivity contribution in [2.75, 3.05) is 18.4 Å². The maximum Gasteiger partial charge on any atom is 0.307 e. The number of aromatic nitrogens is 2. The number of aliphatic carboxylic acids is 1. The Labute approximate surface area is 150 Å². The molecule has 1 saturated heterocycles. The molecule has 1 aliphatic rings. The molecule has 1 amide bonds. The Morgan fingerprint density at radius 1 is 1.27 bits per heavy atom. The summed E-state index contributed by atoms with van der Waals surface area (Å²) in [6.45, 7) is 1.31. The predicted molar refractivity (Wildman–Crippen MR) is 92.7 cm³/mol. The number of hydrogen-bond acceptors (Lipinski definition) is 4. The number of piperidine rings is 1. The first kappa shape index (κ1) is 18.1. The first-order chi connectivity index (χ1) is 12.4. The van der Waals surface area contributed by atoms with Crippen LogP contribution >= 0.6 is 0 Å². The van der Waals surface area contributed by atoms with Crippen molar-refractivity contribution in [1.82, 2.24) is 14.5 Å². The van der Waals surface area contributed by atoms with Gasteiger partial charge in [-0.05, 0) is 30.7 Å². The summed E-state index contributed by atoms with van der Waals surface area (Å²) in [6, 6.07) is 5.50. The fourth-order valence-electron chi connectivity index (χ4n) is 3.21. The van der Waals surface area contributed by atoms with E-state index >= 15 is 0 Å². The number of carboxylic acids is 1. The molecule has 2 heterocycles. The van der Waals surface area contributed by atoms with E-state index in [9.17, 15) is 19.1 Å². The molecular weight excluding hydrogens is 339 g/mol. The molecule has 0 aliphatic carbocycles. The van der Waals surface area contributed by atoms with Gasteiger partial charge >= 0.3 is 5.97 Å². The van der Waals surface area contributed by atoms with Crippen molar-refractivity contribution in [3.63, 3.8) is 0 Å². The van der Waals surface area contributed by atoms with Crippen LogP contribution in [0.2, 0.25) is 0 Å². The van der Waals surface area contributed by atoms with Gasteiger partial charge in [0, 0.05) is 38.2 Å². The number of rotatable bonds is 5. The monoisotopic (exact) mass is 360 g/mol. The smallest absolute Gasteiger partial charge is 0.307 e. The number of nitrogens with zero attached hydrogens (tertiary/aromatic N) is 3. The predicted octanol–water partition coefficient (Wildman–Crippen LogP) is 1.72. The minimum Gasteiger partial charge on any atom is -0.481 e. The minimum absolute atomic E-state index is 0.257. The summed E-state index contributed by atoms with van der Waals surface area (Å²) < 4.78 is 14.9. The van der Waals surface area contributed by atoms with Gasteiger partial charge in [-0.25, -0.2) is 9.37 Å². The summed E-state index contributed by atoms with van der Waals surface area (Å²) in [4.78, 5) is 30.3. The number of hydrogen-bond donors (Lipinski definition) is 2. The van der Waals surface area contributed by atoms with Gasteiger partial charge in [-0.2, -0.15) is 0 Å². The summed E-state index contributed by atoms with van der Waals surface area (Å²) in [7, 11) is 1.87. The van der Waals surface area contributed by atoms with Crippen LogP contribution < -0.4 is 5.32 Å². The second kappa shape index (κ2) is 7.65. The molecule has 26 heavy (non-hydrogen) atoms. The van der Waals surface area contributed by atoms with E-state index in [1.165, 1.54) is 24.3 Å². The molecule has 2 aromatic rings. The van der Waals surface area contributed by atoms with Crippen LogP contribution in [-0.2, 0) is 23.2 Å². The highest BCUT2D eigenvalue weighted by Gasteiger charge is 2.35. The van der Waals surface area contributed by atoms with Crippen molar-refractivity contribution < 1.29 is 19.1 Å². The van der Waals surface area contributed by atoms with Crippen LogP contribution in [0.1, 0.15) is 12.2 Å². The largest absolute Gasteiger partial charge is 0.481 e. The van der Waals surface area contributed by atoms with E-state index in [1.54, 1.807) is 6.20 Å². The molecule has 0 spiro atoms. The Morgan fingerprint density at radius 3 is 2.58 bits per heavy atom. The Kier molecular flexibility index (Phi) is 5.32. The number of likely N-dealkylation sites (tertiary alicyclic amines) is 1. The standard InChI is InChI=1S/C18H21FN4O3/c1-22-7-6-20-16(22)11-23-9-12(8-13(10-23)18(25)26)17(24)21-15-4-2-14(19)3-5-15/h2-7,12-13H,8-11H2,1H3,(H,21,24)(H,25,26)/t12-,13+/m1/s1. The number of carbonyl (C=O) groups is 2. The zero-order valence-electron chi connectivity index (χ0n) is 14.4. The number of amides is 1. The van der Waals surface area contributed by atoms with Crippen LogP contribution in [-0.4, -0.2) is 44.5 Å². The normalized spacial score (nSPS) is 20.7. The highest BCUT2D eigenvalue weighted by molar-refractivity contribution is 5.93. The maximum absolute atomic E-state index is 13.0. The fourth-order valence-corrected chi connectivity index (χ4v) is 3.21. The third-order valence-electron chi connectivity index (χ3n) is 4.64. The van der Waals surface area contributed by atoms with E-state index < -0.39 is 17.8 Å². The van der Waals surface area contributed by atoms with Crippen molar-refractivity contribution >= 4 is 17.6 Å². The Morgan fingerprint density at radius 2 is 1.96 bits per heavy atom. The van der Waals surface area contributed by atoms with Gasteiger partial charge in [0.15, 0.2) is 0 Å². The summed E-state index contributed by atoms with van der Waals surface area (Å²) in [6.07, 6.45) is 3.79. The van der Waals surface area contributed by atoms with Gasteiger partial charge in [0.1, 0.15) is 11.6 Å². The summed E-state index contributed by atoms with van der Waals surface area (Å²) in [5.74, 6) is -1.81. The van der Waals surface area contributed by atoms with Crippen LogP contribution in [0.15, 0.2) is 36.7 Å². The second-order valence-electron chi connectivity index (χ2n) is 6.61. The third kappa shape index (κ3) is 4.26. The first-order valence-electron chi connectivity index (χ1n) is 8.40. The summed E-state index contributed by atoms with van der Waals surface area (Å²) >= 11 is 0. The van der Waals surface area contributed by atoms with Gasteiger partial charge in [0.2, 0.25) is 5.91 Å². The molecule has 3 rings (SSSR count). The molecule has 0 radical (unpaired) electrons. The van der Waals surface area contributed by atoms with Crippen LogP contribution in [0.25, 0.3) is 0 Å². The number of carboxylic acid groups (broad SMARTS) is 1. The van der Waals surface area contributed by atoms with Crippen LogP contribution in [0, 0.1) is 17.7 Å².